The van der Waals surface area contributed by atoms with Gasteiger partial charge in [-0.05, 0) is 19.0 Å². The van der Waals surface area contributed by atoms with E-state index in [9.17, 15) is 18.0 Å². The highest BCUT2D eigenvalue weighted by Gasteiger charge is 2.32. The summed E-state index contributed by atoms with van der Waals surface area (Å²) in [5, 5.41) is 2.67. The molecule has 0 fully saturated rings. The molecule has 96 valence electrons. The van der Waals surface area contributed by atoms with Crippen molar-refractivity contribution < 1.29 is 13.2 Å². The van der Waals surface area contributed by atoms with Gasteiger partial charge in [-0.15, -0.1) is 0 Å². The lowest BCUT2D eigenvalue weighted by molar-refractivity contribution is -0.138. The highest BCUT2D eigenvalue weighted by molar-refractivity contribution is 5.24. The summed E-state index contributed by atoms with van der Waals surface area (Å²) in [5.41, 5.74) is -1.01. The zero-order valence-corrected chi connectivity index (χ0v) is 9.93. The molecule has 6 heteroatoms. The van der Waals surface area contributed by atoms with Crippen LogP contribution in [0, 0.1) is 0 Å². The van der Waals surface area contributed by atoms with E-state index in [1.54, 1.807) is 20.9 Å². The van der Waals surface area contributed by atoms with Crippen molar-refractivity contribution in [2.75, 3.05) is 7.05 Å². The number of aromatic nitrogens is 1. The van der Waals surface area contributed by atoms with E-state index < -0.39 is 11.7 Å². The van der Waals surface area contributed by atoms with Gasteiger partial charge in [-0.2, -0.15) is 13.2 Å². The lowest BCUT2D eigenvalue weighted by Gasteiger charge is -2.14. The van der Waals surface area contributed by atoms with Gasteiger partial charge in [0.15, 0.2) is 0 Å². The molecule has 0 spiro atoms. The molecular weight excluding hydrogens is 233 g/mol. The molecule has 0 saturated heterocycles. The van der Waals surface area contributed by atoms with Crippen LogP contribution in [-0.2, 0) is 12.8 Å². The second-order valence-electron chi connectivity index (χ2n) is 4.12. The number of hydrogen-bond acceptors (Lipinski definition) is 2. The van der Waals surface area contributed by atoms with Gasteiger partial charge in [-0.3, -0.25) is 4.79 Å². The maximum Gasteiger partial charge on any atom is 0.417 e. The van der Waals surface area contributed by atoms with Crippen molar-refractivity contribution in [1.29, 1.82) is 0 Å². The first-order valence-corrected chi connectivity index (χ1v) is 5.23. The highest BCUT2D eigenvalue weighted by atomic mass is 19.4. The first kappa shape index (κ1) is 13.8. The number of alkyl halides is 3. The molecule has 1 aromatic heterocycles. The number of rotatable bonds is 3. The van der Waals surface area contributed by atoms with Gasteiger partial charge >= 0.3 is 6.18 Å². The van der Waals surface area contributed by atoms with Crippen LogP contribution in [0.1, 0.15) is 30.9 Å². The van der Waals surface area contributed by atoms with E-state index in [2.05, 4.69) is 5.32 Å². The zero-order chi connectivity index (χ0) is 13.2. The van der Waals surface area contributed by atoms with Gasteiger partial charge in [-0.1, -0.05) is 13.8 Å². The molecule has 0 amide bonds. The first-order valence-electron chi connectivity index (χ1n) is 5.23. The van der Waals surface area contributed by atoms with Crippen molar-refractivity contribution >= 4 is 0 Å². The Labute approximate surface area is 97.3 Å². The summed E-state index contributed by atoms with van der Waals surface area (Å²) >= 11 is 0. The summed E-state index contributed by atoms with van der Waals surface area (Å²) in [6.07, 6.45) is -3.60. The SMILES string of the molecule is CNCn1cc(C(F)(F)F)cc(C(C)C)c1=O. The molecule has 0 aliphatic rings. The Bertz CT molecular complexity index is 449. The molecule has 17 heavy (non-hydrogen) atoms. The van der Waals surface area contributed by atoms with Crippen molar-refractivity contribution in [3.63, 3.8) is 0 Å². The molecular formula is C11H15F3N2O. The Morgan fingerprint density at radius 3 is 2.41 bits per heavy atom. The monoisotopic (exact) mass is 248 g/mol. The number of pyridine rings is 1. The minimum absolute atomic E-state index is 0.0580. The highest BCUT2D eigenvalue weighted by Crippen LogP contribution is 2.29. The van der Waals surface area contributed by atoms with Gasteiger partial charge in [0.2, 0.25) is 0 Å². The summed E-state index contributed by atoms with van der Waals surface area (Å²) < 4.78 is 39.0. The third kappa shape index (κ3) is 3.09. The molecule has 0 atom stereocenters. The lowest BCUT2D eigenvalue weighted by Crippen LogP contribution is -2.30. The normalized spacial score (nSPS) is 12.2. The Morgan fingerprint density at radius 1 is 1.41 bits per heavy atom. The average Bonchev–Trinajstić information content (AvgIpc) is 2.19. The van der Waals surface area contributed by atoms with Crippen LogP contribution < -0.4 is 10.9 Å². The van der Waals surface area contributed by atoms with Crippen molar-refractivity contribution in [1.82, 2.24) is 9.88 Å². The maximum absolute atomic E-state index is 12.6. The van der Waals surface area contributed by atoms with Gasteiger partial charge in [0, 0.05) is 11.8 Å². The molecule has 0 aliphatic heterocycles. The Kier molecular flexibility index (Phi) is 3.98. The molecule has 0 aliphatic carbocycles. The van der Waals surface area contributed by atoms with Gasteiger partial charge in [0.1, 0.15) is 0 Å². The van der Waals surface area contributed by atoms with Crippen LogP contribution in [0.15, 0.2) is 17.1 Å². The van der Waals surface area contributed by atoms with Crippen LogP contribution in [-0.4, -0.2) is 11.6 Å². The number of hydrogen-bond donors (Lipinski definition) is 1. The summed E-state index contributed by atoms with van der Waals surface area (Å²) in [5.74, 6) is -0.243. The molecule has 0 saturated carbocycles. The van der Waals surface area contributed by atoms with Crippen LogP contribution >= 0.6 is 0 Å². The van der Waals surface area contributed by atoms with E-state index in [0.29, 0.717) is 0 Å². The van der Waals surface area contributed by atoms with Crippen LogP contribution in [0.4, 0.5) is 13.2 Å². The molecule has 0 aromatic carbocycles. The summed E-state index contributed by atoms with van der Waals surface area (Å²) in [7, 11) is 1.57. The second-order valence-corrected chi connectivity index (χ2v) is 4.12. The van der Waals surface area contributed by atoms with Crippen molar-refractivity contribution in [3.05, 3.63) is 33.7 Å². The van der Waals surface area contributed by atoms with Crippen LogP contribution in [0.3, 0.4) is 0 Å². The lowest BCUT2D eigenvalue weighted by atomic mass is 10.0. The van der Waals surface area contributed by atoms with Crippen molar-refractivity contribution in [2.45, 2.75) is 32.6 Å². The van der Waals surface area contributed by atoms with E-state index in [1.165, 1.54) is 0 Å². The fourth-order valence-electron chi connectivity index (χ4n) is 1.52. The third-order valence-electron chi connectivity index (χ3n) is 2.39. The topological polar surface area (TPSA) is 34.0 Å². The molecule has 0 unspecified atom stereocenters. The first-order chi connectivity index (χ1) is 7.77. The second kappa shape index (κ2) is 4.91. The van der Waals surface area contributed by atoms with Gasteiger partial charge in [0.25, 0.3) is 5.56 Å². The smallest absolute Gasteiger partial charge is 0.303 e. The van der Waals surface area contributed by atoms with Crippen LogP contribution in [0.25, 0.3) is 0 Å². The molecule has 0 radical (unpaired) electrons. The van der Waals surface area contributed by atoms with Crippen LogP contribution in [0.2, 0.25) is 0 Å². The summed E-state index contributed by atoms with van der Waals surface area (Å²) in [6.45, 7) is 3.45. The molecule has 0 bridgehead atoms. The molecule has 3 nitrogen and oxygen atoms in total. The van der Waals surface area contributed by atoms with Gasteiger partial charge in [-0.25, -0.2) is 0 Å². The largest absolute Gasteiger partial charge is 0.417 e. The molecule has 1 aromatic rings. The van der Waals surface area contributed by atoms with E-state index in [4.69, 9.17) is 0 Å². The predicted molar refractivity (Wildman–Crippen MR) is 58.9 cm³/mol. The van der Waals surface area contributed by atoms with Gasteiger partial charge in [0.05, 0.1) is 12.2 Å². The maximum atomic E-state index is 12.6. The van der Waals surface area contributed by atoms with E-state index in [-0.39, 0.29) is 23.7 Å². The third-order valence-corrected chi connectivity index (χ3v) is 2.39. The van der Waals surface area contributed by atoms with Crippen molar-refractivity contribution in [3.8, 4) is 0 Å². The fourth-order valence-corrected chi connectivity index (χ4v) is 1.52. The Morgan fingerprint density at radius 2 is 2.00 bits per heavy atom. The Balaban J connectivity index is 3.42. The van der Waals surface area contributed by atoms with Crippen molar-refractivity contribution in [2.24, 2.45) is 0 Å². The minimum atomic E-state index is -4.44. The van der Waals surface area contributed by atoms with Gasteiger partial charge < -0.3 is 9.88 Å². The molecule has 1 heterocycles. The summed E-state index contributed by atoms with van der Waals surface area (Å²) in [4.78, 5) is 11.8. The van der Waals surface area contributed by atoms with E-state index in [1.807, 2.05) is 0 Å². The Hall–Kier alpha value is -1.30. The minimum Gasteiger partial charge on any atom is -0.303 e. The quantitative estimate of drug-likeness (QED) is 0.889. The summed E-state index contributed by atoms with van der Waals surface area (Å²) in [6, 6.07) is 0.930. The van der Waals surface area contributed by atoms with E-state index >= 15 is 0 Å². The van der Waals surface area contributed by atoms with E-state index in [0.717, 1.165) is 16.8 Å². The predicted octanol–water partition coefficient (Wildman–Crippen LogP) is 2.17. The average molecular weight is 248 g/mol. The number of nitrogens with one attached hydrogen (secondary N) is 1. The molecule has 1 N–H and O–H groups in total. The fraction of sp³-hybridized carbons (Fsp3) is 0.545. The standard InChI is InChI=1S/C11H15F3N2O/c1-7(2)9-4-8(11(12,13)14)5-16(6-15-3)10(9)17/h4-5,7,15H,6H2,1-3H3. The molecule has 1 rings (SSSR count). The number of nitrogens with zero attached hydrogens (tertiary/aromatic N) is 1. The zero-order valence-electron chi connectivity index (χ0n) is 9.93. The van der Waals surface area contributed by atoms with Crippen LogP contribution in [0.5, 0.6) is 0 Å². The number of halogens is 3.